The Bertz CT molecular complexity index is 1960. The summed E-state index contributed by atoms with van der Waals surface area (Å²) in [4.78, 5) is 120. The van der Waals surface area contributed by atoms with E-state index in [2.05, 4.69) is 0 Å². The first-order valence-electron chi connectivity index (χ1n) is 24.2. The summed E-state index contributed by atoms with van der Waals surface area (Å²) in [6.45, 7) is 17.4. The number of nitrogens with zero attached hydrogens (tertiary/aromatic N) is 4. The molecule has 0 spiro atoms. The minimum atomic E-state index is -1.52. The number of amides is 4. The van der Waals surface area contributed by atoms with Crippen molar-refractivity contribution in [3.8, 4) is 0 Å². The van der Waals surface area contributed by atoms with Crippen LogP contribution in [0.4, 0.5) is 11.4 Å². The summed E-state index contributed by atoms with van der Waals surface area (Å²) in [7, 11) is 5.49. The Morgan fingerprint density at radius 3 is 0.871 bits per heavy atom. The van der Waals surface area contributed by atoms with E-state index in [4.69, 9.17) is 30.4 Å². The van der Waals surface area contributed by atoms with Gasteiger partial charge in [0.05, 0.1) is 0 Å². The zero-order valence-electron chi connectivity index (χ0n) is 43.6. The Hall–Kier alpha value is -6.20. The summed E-state index contributed by atoms with van der Waals surface area (Å²) < 4.78 is 23.8. The average Bonchev–Trinajstić information content (AvgIpc) is 3.29. The number of carbonyl (C=O) groups excluding carboxylic acids is 8. The fraction of sp³-hybridized carbons (Fsp3) is 0.615. The van der Waals surface area contributed by atoms with Gasteiger partial charge >= 0.3 is 23.9 Å². The van der Waals surface area contributed by atoms with E-state index in [-0.39, 0.29) is 62.2 Å². The Balaban J connectivity index is 2.26. The average molecular weight is 979 g/mol. The lowest BCUT2D eigenvalue weighted by molar-refractivity contribution is -0.176. The molecule has 0 aromatic heterocycles. The lowest BCUT2D eigenvalue weighted by atomic mass is 10.00. The lowest BCUT2D eigenvalue weighted by Gasteiger charge is -2.35. The Labute approximate surface area is 414 Å². The molecule has 70 heavy (non-hydrogen) atoms. The van der Waals surface area contributed by atoms with E-state index in [1.54, 1.807) is 48.5 Å². The molecule has 0 bridgehead atoms. The maximum Gasteiger partial charge on any atom is 0.329 e. The predicted octanol–water partition coefficient (Wildman–Crippen LogP) is 4.83. The van der Waals surface area contributed by atoms with Crippen molar-refractivity contribution < 1.29 is 57.3 Å². The zero-order valence-corrected chi connectivity index (χ0v) is 43.6. The van der Waals surface area contributed by atoms with Gasteiger partial charge in [0.15, 0.2) is 24.4 Å². The van der Waals surface area contributed by atoms with Crippen LogP contribution in [0.2, 0.25) is 0 Å². The molecule has 1 heterocycles. The van der Waals surface area contributed by atoms with Crippen molar-refractivity contribution in [1.82, 2.24) is 19.6 Å². The molecule has 18 heteroatoms. The monoisotopic (exact) mass is 979 g/mol. The third-order valence-corrected chi connectivity index (χ3v) is 12.3. The molecule has 4 amide bonds. The lowest BCUT2D eigenvalue weighted by Crippen LogP contribution is -2.55. The predicted molar refractivity (Wildman–Crippen MR) is 264 cm³/mol. The number of hydrogen-bond acceptors (Lipinski definition) is 14. The molecule has 2 aromatic carbocycles. The molecular formula is C52H78N6O12. The second-order valence-corrected chi connectivity index (χ2v) is 20.3. The smallest absolute Gasteiger partial charge is 0.329 e. The number of benzene rings is 2. The standard InChI is InChI=1S/C52H78N6O12/c1-29(2)23-39-49(63)67-33(9)45(59)55(11)42(26-32(7)8)52(66)70-44(28-36-17-21-38(54)22-18-36)48(62)58(14)40(24-30(3)4)50(64)68-34(10)46(60)56(12)41(25-31(5)6)51(65)69-43(47(61)57(39)13)27-35-15-19-37(53)20-16-35/h15-22,29-34,39-44H,23-28,53-54H2,1-14H3/t33-,34-,39+,40?,41+,42+,43-,44-/m1/s1. The van der Waals surface area contributed by atoms with E-state index >= 15 is 0 Å². The number of ether oxygens (including phenoxy) is 4. The van der Waals surface area contributed by atoms with Crippen LogP contribution in [-0.4, -0.2) is 144 Å². The molecule has 1 aliphatic heterocycles. The van der Waals surface area contributed by atoms with Crippen LogP contribution in [0, 0.1) is 23.7 Å². The second kappa shape index (κ2) is 26.1. The first-order valence-corrected chi connectivity index (χ1v) is 24.2. The van der Waals surface area contributed by atoms with Gasteiger partial charge < -0.3 is 50.0 Å². The largest absolute Gasteiger partial charge is 0.451 e. The van der Waals surface area contributed by atoms with Crippen molar-refractivity contribution in [3.05, 3.63) is 59.7 Å². The van der Waals surface area contributed by atoms with Crippen molar-refractivity contribution in [2.45, 2.75) is 156 Å². The molecule has 0 aliphatic carbocycles. The molecule has 0 radical (unpaired) electrons. The molecule has 2 aromatic rings. The van der Waals surface area contributed by atoms with E-state index in [0.29, 0.717) is 22.5 Å². The molecule has 8 atom stereocenters. The normalized spacial score (nSPS) is 24.8. The molecule has 1 saturated heterocycles. The Kier molecular flexibility index (Phi) is 21.7. The van der Waals surface area contributed by atoms with Crippen molar-refractivity contribution in [1.29, 1.82) is 0 Å². The van der Waals surface area contributed by atoms with Crippen LogP contribution in [-0.2, 0) is 70.1 Å². The SMILES string of the molecule is CC(C)CC1C(=O)O[C@H](C)C(=O)N(C)[C@@H](CC(C)C)C(=O)O[C@H](Cc2ccc(N)cc2)C(=O)N(C)[C@@H](CC(C)C)C(=O)O[C@H](C)C(=O)N(C)[C@@H](CC(C)C)C(=O)O[C@H](Cc2ccc(N)cc2)C(=O)N1C. The molecule has 0 saturated carbocycles. The first-order chi connectivity index (χ1) is 32.6. The van der Waals surface area contributed by atoms with Crippen molar-refractivity contribution in [2.24, 2.45) is 23.7 Å². The topological polar surface area (TPSA) is 238 Å². The van der Waals surface area contributed by atoms with E-state index < -0.39 is 96.1 Å². The van der Waals surface area contributed by atoms with Crippen molar-refractivity contribution in [2.75, 3.05) is 39.7 Å². The van der Waals surface area contributed by atoms with Gasteiger partial charge in [-0.3, -0.25) is 19.2 Å². The van der Waals surface area contributed by atoms with Gasteiger partial charge in [-0.05, 0) is 98.6 Å². The molecular weight excluding hydrogens is 901 g/mol. The highest BCUT2D eigenvalue weighted by Gasteiger charge is 2.43. The fourth-order valence-electron chi connectivity index (χ4n) is 8.22. The highest BCUT2D eigenvalue weighted by Crippen LogP contribution is 2.24. The molecule has 388 valence electrons. The maximum atomic E-state index is 14.7. The van der Waals surface area contributed by atoms with E-state index in [0.717, 1.165) is 19.6 Å². The Morgan fingerprint density at radius 1 is 0.400 bits per heavy atom. The Morgan fingerprint density at radius 2 is 0.629 bits per heavy atom. The summed E-state index contributed by atoms with van der Waals surface area (Å²) in [5.74, 6) is -7.45. The summed E-state index contributed by atoms with van der Waals surface area (Å²) in [5.41, 5.74) is 14.0. The number of hydrogen-bond donors (Lipinski definition) is 2. The molecule has 4 N–H and O–H groups in total. The van der Waals surface area contributed by atoms with Gasteiger partial charge in [0.2, 0.25) is 0 Å². The van der Waals surface area contributed by atoms with E-state index in [1.807, 2.05) is 55.4 Å². The summed E-state index contributed by atoms with van der Waals surface area (Å²) in [5, 5.41) is 0. The van der Waals surface area contributed by atoms with Crippen LogP contribution >= 0.6 is 0 Å². The number of rotatable bonds is 12. The van der Waals surface area contributed by atoms with Gasteiger partial charge in [-0.2, -0.15) is 0 Å². The number of likely N-dealkylation sites (N-methyl/N-ethyl adjacent to an activating group) is 4. The summed E-state index contributed by atoms with van der Waals surface area (Å²) >= 11 is 0. The molecule has 1 aliphatic rings. The van der Waals surface area contributed by atoms with Gasteiger partial charge in [-0.15, -0.1) is 0 Å². The summed E-state index contributed by atoms with van der Waals surface area (Å²) in [6, 6.07) is 8.09. The highest BCUT2D eigenvalue weighted by atomic mass is 16.6. The quantitative estimate of drug-likeness (QED) is 0.165. The van der Waals surface area contributed by atoms with Crippen LogP contribution in [0.15, 0.2) is 48.5 Å². The number of nitrogens with two attached hydrogens (primary N) is 2. The van der Waals surface area contributed by atoms with Crippen molar-refractivity contribution in [3.63, 3.8) is 0 Å². The van der Waals surface area contributed by atoms with Gasteiger partial charge in [-0.1, -0.05) is 79.7 Å². The van der Waals surface area contributed by atoms with Crippen LogP contribution < -0.4 is 11.5 Å². The zero-order chi connectivity index (χ0) is 52.9. The third-order valence-electron chi connectivity index (χ3n) is 12.3. The van der Waals surface area contributed by atoms with Gasteiger partial charge in [0.1, 0.15) is 24.2 Å². The molecule has 1 unspecified atom stereocenters. The number of anilines is 2. The minimum Gasteiger partial charge on any atom is -0.451 e. The highest BCUT2D eigenvalue weighted by molar-refractivity contribution is 5.94. The van der Waals surface area contributed by atoms with Crippen LogP contribution in [0.3, 0.4) is 0 Å². The number of cyclic esters (lactones) is 4. The third kappa shape index (κ3) is 16.5. The van der Waals surface area contributed by atoms with Crippen LogP contribution in [0.5, 0.6) is 0 Å². The fourth-order valence-corrected chi connectivity index (χ4v) is 8.22. The number of nitrogen functional groups attached to an aromatic ring is 2. The first kappa shape index (κ1) is 58.1. The van der Waals surface area contributed by atoms with Crippen LogP contribution in [0.25, 0.3) is 0 Å². The second-order valence-electron chi connectivity index (χ2n) is 20.3. The van der Waals surface area contributed by atoms with Crippen molar-refractivity contribution >= 4 is 58.9 Å². The van der Waals surface area contributed by atoms with Gasteiger partial charge in [0, 0.05) is 52.4 Å². The molecule has 3 rings (SSSR count). The molecule has 18 nitrogen and oxygen atoms in total. The van der Waals surface area contributed by atoms with Gasteiger partial charge in [0.25, 0.3) is 23.6 Å². The summed E-state index contributed by atoms with van der Waals surface area (Å²) in [6.07, 6.45) is -5.93. The van der Waals surface area contributed by atoms with Crippen LogP contribution in [0.1, 0.15) is 106 Å². The maximum absolute atomic E-state index is 14.7. The number of esters is 4. The minimum absolute atomic E-state index is 0.0857. The number of carbonyl (C=O) groups is 8. The van der Waals surface area contributed by atoms with E-state index in [9.17, 15) is 38.4 Å². The van der Waals surface area contributed by atoms with Gasteiger partial charge in [-0.25, -0.2) is 19.2 Å². The van der Waals surface area contributed by atoms with E-state index in [1.165, 1.54) is 42.0 Å². The molecule has 1 fully saturated rings.